The molecular formula is C23H28ClN5O2. The van der Waals surface area contributed by atoms with Crippen LogP contribution in [0.4, 0.5) is 5.95 Å². The molecule has 31 heavy (non-hydrogen) atoms. The first-order chi connectivity index (χ1) is 14.9. The molecule has 0 unspecified atom stereocenters. The lowest BCUT2D eigenvalue weighted by Gasteiger charge is -2.42. The standard InChI is InChI=1S/C23H28ClN5O2/c1-28-21(30)18-15(13-26-20(18)14-5-3-6-16(31-2)19(14)24)27-22(28)29-11-9-23(10-12-29)8-4-7-17(23)25/h3,5-6,17H,4,7-13,25H2,1-2H3/t17-/m1/s1. The number of aromatic nitrogens is 2. The second kappa shape index (κ2) is 7.64. The summed E-state index contributed by atoms with van der Waals surface area (Å²) < 4.78 is 6.98. The fourth-order valence-electron chi connectivity index (χ4n) is 5.51. The highest BCUT2D eigenvalue weighted by atomic mass is 35.5. The number of nitrogens with zero attached hydrogens (tertiary/aromatic N) is 4. The first kappa shape index (κ1) is 20.5. The van der Waals surface area contributed by atoms with E-state index in [9.17, 15) is 4.79 Å². The number of anilines is 1. The predicted octanol–water partition coefficient (Wildman–Crippen LogP) is 2.89. The van der Waals surface area contributed by atoms with Gasteiger partial charge in [0.2, 0.25) is 5.95 Å². The Labute approximate surface area is 186 Å². The van der Waals surface area contributed by atoms with Crippen molar-refractivity contribution in [3.05, 3.63) is 50.4 Å². The van der Waals surface area contributed by atoms with Crippen LogP contribution in [-0.2, 0) is 13.6 Å². The highest BCUT2D eigenvalue weighted by molar-refractivity contribution is 6.37. The molecule has 2 aliphatic heterocycles. The first-order valence-corrected chi connectivity index (χ1v) is 11.3. The van der Waals surface area contributed by atoms with E-state index < -0.39 is 0 Å². The molecule has 3 aliphatic rings. The monoisotopic (exact) mass is 441 g/mol. The van der Waals surface area contributed by atoms with Crippen molar-refractivity contribution in [1.29, 1.82) is 0 Å². The lowest BCUT2D eigenvalue weighted by molar-refractivity contribution is 0.196. The van der Waals surface area contributed by atoms with Gasteiger partial charge in [-0.3, -0.25) is 14.4 Å². The molecule has 0 amide bonds. The number of fused-ring (bicyclic) bond motifs is 1. The third-order valence-corrected chi connectivity index (χ3v) is 7.81. The molecule has 0 radical (unpaired) electrons. The molecule has 1 atom stereocenters. The van der Waals surface area contributed by atoms with E-state index in [1.807, 2.05) is 12.1 Å². The van der Waals surface area contributed by atoms with Crippen molar-refractivity contribution in [3.8, 4) is 5.75 Å². The van der Waals surface area contributed by atoms with Crippen LogP contribution in [0.15, 0.2) is 28.0 Å². The molecule has 5 rings (SSSR count). The van der Waals surface area contributed by atoms with E-state index in [0.29, 0.717) is 45.9 Å². The fraction of sp³-hybridized carbons (Fsp3) is 0.522. The van der Waals surface area contributed by atoms with Crippen LogP contribution < -0.4 is 20.9 Å². The quantitative estimate of drug-likeness (QED) is 0.791. The van der Waals surface area contributed by atoms with Gasteiger partial charge >= 0.3 is 0 Å². The van der Waals surface area contributed by atoms with Crippen molar-refractivity contribution >= 4 is 23.3 Å². The Morgan fingerprint density at radius 1 is 1.26 bits per heavy atom. The minimum atomic E-state index is -0.0898. The molecule has 2 fully saturated rings. The molecule has 0 bridgehead atoms. The summed E-state index contributed by atoms with van der Waals surface area (Å²) in [6, 6.07) is 5.81. The Morgan fingerprint density at radius 3 is 2.71 bits per heavy atom. The summed E-state index contributed by atoms with van der Waals surface area (Å²) in [5.41, 5.74) is 9.15. The lowest BCUT2D eigenvalue weighted by atomic mass is 9.74. The number of hydrogen-bond acceptors (Lipinski definition) is 6. The summed E-state index contributed by atoms with van der Waals surface area (Å²) in [6.45, 7) is 2.13. The number of methoxy groups -OCH3 is 1. The SMILES string of the molecule is COc1cccc(C2=NCc3nc(N4CCC5(CCC[C@H]5N)CC4)n(C)c(=O)c32)c1Cl. The molecule has 8 heteroatoms. The smallest absolute Gasteiger partial charge is 0.264 e. The average molecular weight is 442 g/mol. The number of ether oxygens (including phenoxy) is 1. The van der Waals surface area contributed by atoms with Gasteiger partial charge in [0.05, 0.1) is 35.6 Å². The molecule has 7 nitrogen and oxygen atoms in total. The van der Waals surface area contributed by atoms with E-state index in [0.717, 1.165) is 38.3 Å². The van der Waals surface area contributed by atoms with Crippen LogP contribution in [0.25, 0.3) is 0 Å². The molecule has 164 valence electrons. The third kappa shape index (κ3) is 3.17. The van der Waals surface area contributed by atoms with Crippen molar-refractivity contribution in [2.45, 2.75) is 44.7 Å². The molecular weight excluding hydrogens is 414 g/mol. The van der Waals surface area contributed by atoms with Crippen LogP contribution in [0.3, 0.4) is 0 Å². The normalized spacial score (nSPS) is 22.0. The van der Waals surface area contributed by atoms with Crippen LogP contribution in [0.2, 0.25) is 5.02 Å². The summed E-state index contributed by atoms with van der Waals surface area (Å²) in [4.78, 5) is 25.1. The summed E-state index contributed by atoms with van der Waals surface area (Å²) in [7, 11) is 3.36. The molecule has 1 saturated carbocycles. The van der Waals surface area contributed by atoms with E-state index in [1.165, 1.54) is 12.8 Å². The van der Waals surface area contributed by atoms with Crippen molar-refractivity contribution < 1.29 is 4.74 Å². The first-order valence-electron chi connectivity index (χ1n) is 10.9. The molecule has 1 aliphatic carbocycles. The summed E-state index contributed by atoms with van der Waals surface area (Å²) in [6.07, 6.45) is 5.69. The number of nitrogens with two attached hydrogens (primary N) is 1. The van der Waals surface area contributed by atoms with Gasteiger partial charge in [0.1, 0.15) is 5.75 Å². The van der Waals surface area contributed by atoms with E-state index in [2.05, 4.69) is 9.89 Å². The summed E-state index contributed by atoms with van der Waals surface area (Å²) in [5, 5.41) is 0.456. The Morgan fingerprint density at radius 2 is 2.03 bits per heavy atom. The van der Waals surface area contributed by atoms with Gasteiger partial charge in [-0.1, -0.05) is 30.2 Å². The second-order valence-electron chi connectivity index (χ2n) is 8.93. The maximum atomic E-state index is 13.4. The maximum Gasteiger partial charge on any atom is 0.264 e. The summed E-state index contributed by atoms with van der Waals surface area (Å²) >= 11 is 6.52. The Bertz CT molecular complexity index is 1120. The number of rotatable bonds is 3. The predicted molar refractivity (Wildman–Crippen MR) is 123 cm³/mol. The van der Waals surface area contributed by atoms with Crippen molar-refractivity contribution in [2.75, 3.05) is 25.1 Å². The molecule has 1 aromatic carbocycles. The van der Waals surface area contributed by atoms with Gasteiger partial charge in [-0.2, -0.15) is 0 Å². The zero-order valence-electron chi connectivity index (χ0n) is 18.0. The minimum absolute atomic E-state index is 0.0898. The van der Waals surface area contributed by atoms with Gasteiger partial charge in [-0.15, -0.1) is 0 Å². The summed E-state index contributed by atoms with van der Waals surface area (Å²) in [5.74, 6) is 1.28. The van der Waals surface area contributed by atoms with Crippen LogP contribution in [-0.4, -0.2) is 41.5 Å². The van der Waals surface area contributed by atoms with Crippen LogP contribution >= 0.6 is 11.6 Å². The number of aliphatic imine (C=N–C) groups is 1. The van der Waals surface area contributed by atoms with Gasteiger partial charge in [0.25, 0.3) is 5.56 Å². The number of halogens is 1. The number of hydrogen-bond donors (Lipinski definition) is 1. The van der Waals surface area contributed by atoms with E-state index in [4.69, 9.17) is 27.1 Å². The fourth-order valence-corrected chi connectivity index (χ4v) is 5.80. The molecule has 1 saturated heterocycles. The van der Waals surface area contributed by atoms with E-state index in [-0.39, 0.29) is 11.0 Å². The minimum Gasteiger partial charge on any atom is -0.495 e. The lowest BCUT2D eigenvalue weighted by Crippen LogP contribution is -2.48. The highest BCUT2D eigenvalue weighted by Gasteiger charge is 2.43. The van der Waals surface area contributed by atoms with E-state index in [1.54, 1.807) is 24.8 Å². The Hall–Kier alpha value is -2.38. The van der Waals surface area contributed by atoms with Crippen LogP contribution in [0.1, 0.15) is 48.9 Å². The third-order valence-electron chi connectivity index (χ3n) is 7.42. The zero-order valence-corrected chi connectivity index (χ0v) is 18.8. The molecule has 3 heterocycles. The van der Waals surface area contributed by atoms with Gasteiger partial charge < -0.3 is 15.4 Å². The van der Waals surface area contributed by atoms with Gasteiger partial charge in [0, 0.05) is 31.7 Å². The Balaban J connectivity index is 1.47. The second-order valence-corrected chi connectivity index (χ2v) is 9.31. The largest absolute Gasteiger partial charge is 0.495 e. The van der Waals surface area contributed by atoms with Gasteiger partial charge in [-0.05, 0) is 37.2 Å². The molecule has 1 spiro atoms. The van der Waals surface area contributed by atoms with Crippen molar-refractivity contribution in [1.82, 2.24) is 9.55 Å². The topological polar surface area (TPSA) is 85.7 Å². The number of benzene rings is 1. The maximum absolute atomic E-state index is 13.4. The van der Waals surface area contributed by atoms with Gasteiger partial charge in [0.15, 0.2) is 0 Å². The van der Waals surface area contributed by atoms with E-state index >= 15 is 0 Å². The Kier molecular flexibility index (Phi) is 5.06. The highest BCUT2D eigenvalue weighted by Crippen LogP contribution is 2.45. The average Bonchev–Trinajstić information content (AvgIpc) is 3.35. The van der Waals surface area contributed by atoms with Crippen molar-refractivity contribution in [2.24, 2.45) is 23.2 Å². The molecule has 2 N–H and O–H groups in total. The zero-order chi connectivity index (χ0) is 21.8. The molecule has 2 aromatic rings. The molecule has 1 aromatic heterocycles. The van der Waals surface area contributed by atoms with Crippen molar-refractivity contribution in [3.63, 3.8) is 0 Å². The number of piperidine rings is 1. The van der Waals surface area contributed by atoms with Crippen LogP contribution in [0, 0.1) is 5.41 Å². The van der Waals surface area contributed by atoms with Crippen LogP contribution in [0.5, 0.6) is 5.75 Å². The van der Waals surface area contributed by atoms with Gasteiger partial charge in [-0.25, -0.2) is 4.98 Å².